The predicted octanol–water partition coefficient (Wildman–Crippen LogP) is 2.71. The second-order valence-electron chi connectivity index (χ2n) is 6.44. The van der Waals surface area contributed by atoms with Gasteiger partial charge in [0.25, 0.3) is 0 Å². The van der Waals surface area contributed by atoms with Crippen molar-refractivity contribution in [3.63, 3.8) is 0 Å². The molecule has 1 aromatic rings. The van der Waals surface area contributed by atoms with E-state index in [-0.39, 0.29) is 5.78 Å². The molecule has 1 fully saturated rings. The van der Waals surface area contributed by atoms with Gasteiger partial charge in [0.15, 0.2) is 5.78 Å². The van der Waals surface area contributed by atoms with E-state index in [1.807, 2.05) is 12.1 Å². The van der Waals surface area contributed by atoms with E-state index in [4.69, 9.17) is 0 Å². The minimum Gasteiger partial charge on any atom is -0.301 e. The van der Waals surface area contributed by atoms with Crippen LogP contribution in [-0.4, -0.2) is 54.9 Å². The van der Waals surface area contributed by atoms with Crippen LogP contribution in [0.1, 0.15) is 36.7 Å². The number of ketones is 1. The van der Waals surface area contributed by atoms with Crippen LogP contribution in [0.5, 0.6) is 0 Å². The number of piperazine rings is 1. The van der Waals surface area contributed by atoms with Crippen molar-refractivity contribution >= 4 is 5.78 Å². The summed E-state index contributed by atoms with van der Waals surface area (Å²) < 4.78 is 0. The average molecular weight is 288 g/mol. The van der Waals surface area contributed by atoms with Crippen LogP contribution in [0.3, 0.4) is 0 Å². The van der Waals surface area contributed by atoms with E-state index in [0.717, 1.165) is 44.1 Å². The van der Waals surface area contributed by atoms with Crippen molar-refractivity contribution in [1.82, 2.24) is 9.80 Å². The summed E-state index contributed by atoms with van der Waals surface area (Å²) in [6.45, 7) is 12.6. The maximum Gasteiger partial charge on any atom is 0.176 e. The average Bonchev–Trinajstić information content (AvgIpc) is 2.49. The molecule has 0 aromatic heterocycles. The minimum absolute atomic E-state index is 0.245. The molecule has 3 heteroatoms. The smallest absolute Gasteiger partial charge is 0.176 e. The monoisotopic (exact) mass is 288 g/mol. The summed E-state index contributed by atoms with van der Waals surface area (Å²) >= 11 is 0. The lowest BCUT2D eigenvalue weighted by Gasteiger charge is -2.35. The molecule has 1 aliphatic rings. The predicted molar refractivity (Wildman–Crippen MR) is 87.9 cm³/mol. The van der Waals surface area contributed by atoms with Crippen molar-refractivity contribution in [3.8, 4) is 0 Å². The normalized spacial score (nSPS) is 17.3. The zero-order valence-electron chi connectivity index (χ0n) is 13.6. The van der Waals surface area contributed by atoms with Crippen LogP contribution in [0.15, 0.2) is 24.3 Å². The molecular formula is C18H28N2O. The third kappa shape index (κ3) is 4.94. The van der Waals surface area contributed by atoms with E-state index in [2.05, 4.69) is 42.7 Å². The molecule has 0 bridgehead atoms. The van der Waals surface area contributed by atoms with Crippen LogP contribution in [0.2, 0.25) is 0 Å². The number of carbonyl (C=O) groups excluding carboxylic acids is 1. The van der Waals surface area contributed by atoms with Gasteiger partial charge in [0.05, 0.1) is 6.54 Å². The van der Waals surface area contributed by atoms with Crippen molar-refractivity contribution in [2.75, 3.05) is 39.3 Å². The molecule has 0 atom stereocenters. The van der Waals surface area contributed by atoms with Gasteiger partial charge in [-0.05, 0) is 17.9 Å². The molecule has 1 aromatic carbocycles. The second kappa shape index (κ2) is 7.71. The SMILES string of the molecule is CCc1ccc(C(=O)CN2CCN(CC(C)C)CC2)cc1. The zero-order valence-corrected chi connectivity index (χ0v) is 13.6. The molecule has 21 heavy (non-hydrogen) atoms. The van der Waals surface area contributed by atoms with Gasteiger partial charge in [-0.15, -0.1) is 0 Å². The van der Waals surface area contributed by atoms with Gasteiger partial charge >= 0.3 is 0 Å². The highest BCUT2D eigenvalue weighted by Crippen LogP contribution is 2.09. The molecule has 0 N–H and O–H groups in total. The number of benzene rings is 1. The fourth-order valence-corrected chi connectivity index (χ4v) is 2.87. The van der Waals surface area contributed by atoms with Gasteiger partial charge in [0.2, 0.25) is 0 Å². The van der Waals surface area contributed by atoms with Gasteiger partial charge in [-0.25, -0.2) is 0 Å². The molecule has 1 heterocycles. The Labute approximate surface area is 128 Å². The molecule has 116 valence electrons. The van der Waals surface area contributed by atoms with E-state index in [1.165, 1.54) is 12.1 Å². The number of hydrogen-bond acceptors (Lipinski definition) is 3. The molecule has 1 saturated heterocycles. The summed E-state index contributed by atoms with van der Waals surface area (Å²) in [6.07, 6.45) is 1.02. The molecule has 2 rings (SSSR count). The first-order valence-corrected chi connectivity index (χ1v) is 8.15. The van der Waals surface area contributed by atoms with Crippen molar-refractivity contribution < 1.29 is 4.79 Å². The Bertz CT molecular complexity index is 445. The van der Waals surface area contributed by atoms with Crippen LogP contribution in [-0.2, 0) is 6.42 Å². The van der Waals surface area contributed by atoms with E-state index in [9.17, 15) is 4.79 Å². The van der Waals surface area contributed by atoms with Gasteiger partial charge in [0, 0.05) is 38.3 Å². The maximum absolute atomic E-state index is 12.3. The number of nitrogens with zero attached hydrogens (tertiary/aromatic N) is 2. The largest absolute Gasteiger partial charge is 0.301 e. The molecule has 3 nitrogen and oxygen atoms in total. The molecule has 0 saturated carbocycles. The quantitative estimate of drug-likeness (QED) is 0.752. The van der Waals surface area contributed by atoms with Crippen LogP contribution in [0, 0.1) is 5.92 Å². The Hall–Kier alpha value is -1.19. The number of hydrogen-bond donors (Lipinski definition) is 0. The first-order chi connectivity index (χ1) is 10.1. The standard InChI is InChI=1S/C18H28N2O/c1-4-16-5-7-17(8-6-16)18(21)14-20-11-9-19(10-12-20)13-15(2)3/h5-8,15H,4,9-14H2,1-3H3. The Morgan fingerprint density at radius 1 is 1.05 bits per heavy atom. The van der Waals surface area contributed by atoms with Crippen molar-refractivity contribution in [1.29, 1.82) is 0 Å². The van der Waals surface area contributed by atoms with Crippen molar-refractivity contribution in [2.45, 2.75) is 27.2 Å². The number of Topliss-reactive ketones (excluding diaryl/α,β-unsaturated/α-hetero) is 1. The Morgan fingerprint density at radius 3 is 2.14 bits per heavy atom. The van der Waals surface area contributed by atoms with E-state index < -0.39 is 0 Å². The van der Waals surface area contributed by atoms with E-state index in [0.29, 0.717) is 6.54 Å². The van der Waals surface area contributed by atoms with E-state index in [1.54, 1.807) is 0 Å². The Kier molecular flexibility index (Phi) is 5.95. The summed E-state index contributed by atoms with van der Waals surface area (Å²) in [7, 11) is 0. The fraction of sp³-hybridized carbons (Fsp3) is 0.611. The van der Waals surface area contributed by atoms with Gasteiger partial charge in [-0.3, -0.25) is 9.69 Å². The maximum atomic E-state index is 12.3. The first kappa shape index (κ1) is 16.2. The van der Waals surface area contributed by atoms with Crippen molar-refractivity contribution in [3.05, 3.63) is 35.4 Å². The third-order valence-corrected chi connectivity index (χ3v) is 4.14. The van der Waals surface area contributed by atoms with Crippen LogP contribution >= 0.6 is 0 Å². The highest BCUT2D eigenvalue weighted by atomic mass is 16.1. The molecule has 1 aliphatic heterocycles. The lowest BCUT2D eigenvalue weighted by Crippen LogP contribution is -2.48. The summed E-state index contributed by atoms with van der Waals surface area (Å²) in [5.41, 5.74) is 2.13. The zero-order chi connectivity index (χ0) is 15.2. The topological polar surface area (TPSA) is 23.6 Å². The van der Waals surface area contributed by atoms with Gasteiger partial charge in [0.1, 0.15) is 0 Å². The Morgan fingerprint density at radius 2 is 1.62 bits per heavy atom. The highest BCUT2D eigenvalue weighted by molar-refractivity contribution is 5.97. The van der Waals surface area contributed by atoms with Crippen molar-refractivity contribution in [2.24, 2.45) is 5.92 Å². The van der Waals surface area contributed by atoms with Gasteiger partial charge in [-0.1, -0.05) is 45.0 Å². The number of rotatable bonds is 6. The van der Waals surface area contributed by atoms with Crippen LogP contribution in [0.25, 0.3) is 0 Å². The molecule has 0 unspecified atom stereocenters. The van der Waals surface area contributed by atoms with Gasteiger partial charge < -0.3 is 4.90 Å². The van der Waals surface area contributed by atoms with Crippen LogP contribution < -0.4 is 0 Å². The molecule has 0 radical (unpaired) electrons. The Balaban J connectivity index is 1.81. The fourth-order valence-electron chi connectivity index (χ4n) is 2.87. The lowest BCUT2D eigenvalue weighted by molar-refractivity contribution is 0.0837. The molecule has 0 aliphatic carbocycles. The van der Waals surface area contributed by atoms with Gasteiger partial charge in [-0.2, -0.15) is 0 Å². The summed E-state index contributed by atoms with van der Waals surface area (Å²) in [5, 5.41) is 0. The first-order valence-electron chi connectivity index (χ1n) is 8.15. The number of carbonyl (C=O) groups is 1. The molecular weight excluding hydrogens is 260 g/mol. The lowest BCUT2D eigenvalue weighted by atomic mass is 10.1. The minimum atomic E-state index is 0.245. The summed E-state index contributed by atoms with van der Waals surface area (Å²) in [5.74, 6) is 0.963. The van der Waals surface area contributed by atoms with Crippen LogP contribution in [0.4, 0.5) is 0 Å². The third-order valence-electron chi connectivity index (χ3n) is 4.14. The molecule has 0 amide bonds. The molecule has 0 spiro atoms. The summed E-state index contributed by atoms with van der Waals surface area (Å²) in [4.78, 5) is 17.1. The second-order valence-corrected chi connectivity index (χ2v) is 6.44. The number of aryl methyl sites for hydroxylation is 1. The van der Waals surface area contributed by atoms with E-state index >= 15 is 0 Å². The summed E-state index contributed by atoms with van der Waals surface area (Å²) in [6, 6.07) is 8.06. The highest BCUT2D eigenvalue weighted by Gasteiger charge is 2.19.